The lowest BCUT2D eigenvalue weighted by Gasteiger charge is -2.14. The van der Waals surface area contributed by atoms with Crippen LogP contribution in [0.2, 0.25) is 0 Å². The molecular weight excluding hydrogens is 370 g/mol. The van der Waals surface area contributed by atoms with Gasteiger partial charge in [-0.15, -0.1) is 0 Å². The topological polar surface area (TPSA) is 96.5 Å². The van der Waals surface area contributed by atoms with E-state index in [0.29, 0.717) is 28.4 Å². The zero-order valence-electron chi connectivity index (χ0n) is 16.2. The van der Waals surface area contributed by atoms with E-state index in [-0.39, 0.29) is 29.6 Å². The fraction of sp³-hybridized carbons (Fsp3) is 0.318. The molecule has 2 aromatic rings. The Labute approximate surface area is 168 Å². The normalized spacial score (nSPS) is 15.3. The summed E-state index contributed by atoms with van der Waals surface area (Å²) in [5.74, 6) is 0.420. The second kappa shape index (κ2) is 7.95. The average Bonchev–Trinajstić information content (AvgIpc) is 3.62. The van der Waals surface area contributed by atoms with Crippen molar-refractivity contribution in [2.45, 2.75) is 25.7 Å². The van der Waals surface area contributed by atoms with Crippen LogP contribution in [-0.2, 0) is 9.59 Å². The van der Waals surface area contributed by atoms with Gasteiger partial charge in [0.2, 0.25) is 11.8 Å². The molecule has 0 bridgehead atoms. The third kappa shape index (κ3) is 4.74. The van der Waals surface area contributed by atoms with Crippen molar-refractivity contribution in [2.24, 2.45) is 11.8 Å². The third-order valence-corrected chi connectivity index (χ3v) is 5.04. The molecule has 3 amide bonds. The number of carbonyl (C=O) groups excluding carboxylic acids is 3. The number of ether oxygens (including phenoxy) is 1. The number of amides is 3. The quantitative estimate of drug-likeness (QED) is 0.669. The Balaban J connectivity index is 1.45. The molecule has 7 heteroatoms. The molecule has 29 heavy (non-hydrogen) atoms. The van der Waals surface area contributed by atoms with Gasteiger partial charge in [0.15, 0.2) is 0 Å². The van der Waals surface area contributed by atoms with Gasteiger partial charge >= 0.3 is 0 Å². The van der Waals surface area contributed by atoms with Crippen LogP contribution in [0.25, 0.3) is 0 Å². The van der Waals surface area contributed by atoms with Gasteiger partial charge < -0.3 is 20.7 Å². The van der Waals surface area contributed by atoms with Crippen molar-refractivity contribution in [3.8, 4) is 5.75 Å². The maximum Gasteiger partial charge on any atom is 0.255 e. The van der Waals surface area contributed by atoms with Crippen LogP contribution in [0.5, 0.6) is 5.75 Å². The summed E-state index contributed by atoms with van der Waals surface area (Å²) in [6.07, 6.45) is 3.66. The smallest absolute Gasteiger partial charge is 0.255 e. The van der Waals surface area contributed by atoms with Gasteiger partial charge in [-0.05, 0) is 62.1 Å². The van der Waals surface area contributed by atoms with Crippen molar-refractivity contribution in [1.29, 1.82) is 0 Å². The first-order chi connectivity index (χ1) is 14.0. The SMILES string of the molecule is COc1ccc(NC(=O)c2ccc(NC(=O)C3CC3)cc2)c(NC(=O)C2CC2)c1. The first kappa shape index (κ1) is 19.0. The van der Waals surface area contributed by atoms with Crippen LogP contribution < -0.4 is 20.7 Å². The molecule has 2 fully saturated rings. The molecule has 0 radical (unpaired) electrons. The standard InChI is InChI=1S/C22H23N3O4/c1-29-17-10-11-18(19(12-17)25-22(28)14-4-5-14)24-21(27)15-6-8-16(9-7-15)23-20(26)13-2-3-13/h6-14H,2-5H2,1H3,(H,23,26)(H,24,27)(H,25,28). The van der Waals surface area contributed by atoms with Gasteiger partial charge in [0, 0.05) is 29.2 Å². The second-order valence-electron chi connectivity index (χ2n) is 7.47. The Morgan fingerprint density at radius 1 is 0.793 bits per heavy atom. The predicted octanol–water partition coefficient (Wildman–Crippen LogP) is 3.64. The number of hydrogen-bond donors (Lipinski definition) is 3. The molecule has 0 unspecified atom stereocenters. The Kier molecular flexibility index (Phi) is 5.20. The molecule has 0 atom stereocenters. The largest absolute Gasteiger partial charge is 0.497 e. The summed E-state index contributed by atoms with van der Waals surface area (Å²) >= 11 is 0. The number of hydrogen-bond acceptors (Lipinski definition) is 4. The van der Waals surface area contributed by atoms with Crippen LogP contribution in [0.15, 0.2) is 42.5 Å². The number of carbonyl (C=O) groups is 3. The highest BCUT2D eigenvalue weighted by molar-refractivity contribution is 6.08. The number of methoxy groups -OCH3 is 1. The van der Waals surface area contributed by atoms with Gasteiger partial charge in [0.25, 0.3) is 5.91 Å². The molecule has 0 spiro atoms. The molecule has 2 saturated carbocycles. The highest BCUT2D eigenvalue weighted by Gasteiger charge is 2.30. The minimum atomic E-state index is -0.308. The third-order valence-electron chi connectivity index (χ3n) is 5.04. The van der Waals surface area contributed by atoms with Gasteiger partial charge in [0.05, 0.1) is 18.5 Å². The summed E-state index contributed by atoms with van der Waals surface area (Å²) in [6, 6.07) is 11.8. The molecule has 2 aliphatic carbocycles. The van der Waals surface area contributed by atoms with E-state index in [9.17, 15) is 14.4 Å². The molecule has 150 valence electrons. The molecule has 0 aromatic heterocycles. The Hall–Kier alpha value is -3.35. The van der Waals surface area contributed by atoms with Gasteiger partial charge in [-0.2, -0.15) is 0 Å². The van der Waals surface area contributed by atoms with Gasteiger partial charge in [-0.1, -0.05) is 0 Å². The second-order valence-corrected chi connectivity index (χ2v) is 7.47. The summed E-state index contributed by atoms with van der Waals surface area (Å²) < 4.78 is 5.22. The predicted molar refractivity (Wildman–Crippen MR) is 110 cm³/mol. The number of anilines is 3. The van der Waals surface area contributed by atoms with E-state index in [1.807, 2.05) is 0 Å². The zero-order chi connectivity index (χ0) is 20.4. The maximum absolute atomic E-state index is 12.7. The Bertz CT molecular complexity index is 947. The number of benzene rings is 2. The lowest BCUT2D eigenvalue weighted by molar-refractivity contribution is -0.118. The molecule has 0 saturated heterocycles. The average molecular weight is 393 g/mol. The Morgan fingerprint density at radius 3 is 2.00 bits per heavy atom. The number of nitrogens with one attached hydrogen (secondary N) is 3. The zero-order valence-corrected chi connectivity index (χ0v) is 16.2. The van der Waals surface area contributed by atoms with Gasteiger partial charge in [-0.25, -0.2) is 0 Å². The summed E-state index contributed by atoms with van der Waals surface area (Å²) in [5, 5.41) is 8.55. The Morgan fingerprint density at radius 2 is 1.41 bits per heavy atom. The molecule has 7 nitrogen and oxygen atoms in total. The maximum atomic E-state index is 12.7. The highest BCUT2D eigenvalue weighted by atomic mass is 16.5. The fourth-order valence-electron chi connectivity index (χ4n) is 2.93. The molecular formula is C22H23N3O4. The van der Waals surface area contributed by atoms with Crippen molar-refractivity contribution in [1.82, 2.24) is 0 Å². The van der Waals surface area contributed by atoms with E-state index < -0.39 is 0 Å². The van der Waals surface area contributed by atoms with Crippen LogP contribution in [-0.4, -0.2) is 24.8 Å². The monoisotopic (exact) mass is 393 g/mol. The van der Waals surface area contributed by atoms with Crippen LogP contribution in [0.3, 0.4) is 0 Å². The van der Waals surface area contributed by atoms with E-state index in [4.69, 9.17) is 4.74 Å². The molecule has 3 N–H and O–H groups in total. The van der Waals surface area contributed by atoms with Crippen molar-refractivity contribution in [3.63, 3.8) is 0 Å². The van der Waals surface area contributed by atoms with Crippen LogP contribution in [0.4, 0.5) is 17.1 Å². The van der Waals surface area contributed by atoms with E-state index in [1.54, 1.807) is 49.6 Å². The van der Waals surface area contributed by atoms with Gasteiger partial charge in [0.1, 0.15) is 5.75 Å². The first-order valence-corrected chi connectivity index (χ1v) is 9.74. The van der Waals surface area contributed by atoms with Crippen molar-refractivity contribution < 1.29 is 19.1 Å². The fourth-order valence-corrected chi connectivity index (χ4v) is 2.93. The lowest BCUT2D eigenvalue weighted by Crippen LogP contribution is -2.18. The molecule has 4 rings (SSSR count). The summed E-state index contributed by atoms with van der Waals surface area (Å²) in [5.41, 5.74) is 2.11. The molecule has 2 aliphatic rings. The molecule has 0 aliphatic heterocycles. The van der Waals surface area contributed by atoms with E-state index in [0.717, 1.165) is 25.7 Å². The summed E-state index contributed by atoms with van der Waals surface area (Å²) in [4.78, 5) is 36.7. The van der Waals surface area contributed by atoms with Crippen LogP contribution in [0, 0.1) is 11.8 Å². The van der Waals surface area contributed by atoms with E-state index in [2.05, 4.69) is 16.0 Å². The van der Waals surface area contributed by atoms with Crippen LogP contribution in [0.1, 0.15) is 36.0 Å². The lowest BCUT2D eigenvalue weighted by atomic mass is 10.1. The first-order valence-electron chi connectivity index (χ1n) is 9.74. The van der Waals surface area contributed by atoms with Crippen molar-refractivity contribution in [3.05, 3.63) is 48.0 Å². The van der Waals surface area contributed by atoms with Gasteiger partial charge in [-0.3, -0.25) is 14.4 Å². The van der Waals surface area contributed by atoms with E-state index >= 15 is 0 Å². The minimum absolute atomic E-state index is 0.0245. The number of rotatable bonds is 7. The van der Waals surface area contributed by atoms with Crippen LogP contribution >= 0.6 is 0 Å². The van der Waals surface area contributed by atoms with E-state index in [1.165, 1.54) is 0 Å². The molecule has 2 aromatic carbocycles. The van der Waals surface area contributed by atoms with Crippen molar-refractivity contribution in [2.75, 3.05) is 23.1 Å². The molecule has 0 heterocycles. The summed E-state index contributed by atoms with van der Waals surface area (Å²) in [6.45, 7) is 0. The summed E-state index contributed by atoms with van der Waals surface area (Å²) in [7, 11) is 1.55. The van der Waals surface area contributed by atoms with Crippen molar-refractivity contribution >= 4 is 34.8 Å². The highest BCUT2D eigenvalue weighted by Crippen LogP contribution is 2.33. The minimum Gasteiger partial charge on any atom is -0.497 e.